The fraction of sp³-hybridized carbons (Fsp3) is 0.158. The van der Waals surface area contributed by atoms with Crippen molar-refractivity contribution in [2.75, 3.05) is 5.32 Å². The van der Waals surface area contributed by atoms with Crippen LogP contribution in [0.2, 0.25) is 5.02 Å². The predicted octanol–water partition coefficient (Wildman–Crippen LogP) is 3.07. The molecule has 0 bridgehead atoms. The van der Waals surface area contributed by atoms with Gasteiger partial charge in [-0.25, -0.2) is 4.68 Å². The molecule has 0 aliphatic rings. The van der Waals surface area contributed by atoms with Crippen LogP contribution in [-0.2, 0) is 18.4 Å². The van der Waals surface area contributed by atoms with E-state index in [0.717, 1.165) is 22.6 Å². The first-order valence-corrected chi connectivity index (χ1v) is 9.01. The minimum atomic E-state index is -0.172. The number of halogens is 1. The molecule has 4 rings (SSSR count). The van der Waals surface area contributed by atoms with Gasteiger partial charge in [-0.2, -0.15) is 15.3 Å². The summed E-state index contributed by atoms with van der Waals surface area (Å²) >= 11 is 5.93. The van der Waals surface area contributed by atoms with E-state index in [9.17, 15) is 4.79 Å². The number of carbonyl (C=O) groups is 1. The third kappa shape index (κ3) is 3.81. The molecule has 9 heteroatoms. The highest BCUT2D eigenvalue weighted by Gasteiger charge is 2.11. The first-order valence-electron chi connectivity index (χ1n) is 8.63. The molecule has 1 amide bonds. The highest BCUT2D eigenvalue weighted by molar-refractivity contribution is 6.30. The number of benzene rings is 1. The second kappa shape index (κ2) is 7.32. The molecule has 3 aromatic heterocycles. The largest absolute Gasteiger partial charge is 0.309 e. The van der Waals surface area contributed by atoms with Crippen LogP contribution in [0.4, 0.5) is 5.82 Å². The van der Waals surface area contributed by atoms with Crippen LogP contribution in [0, 0.1) is 6.92 Å². The van der Waals surface area contributed by atoms with E-state index in [1.807, 2.05) is 49.5 Å². The Morgan fingerprint density at radius 2 is 1.96 bits per heavy atom. The number of carbonyl (C=O) groups excluding carboxylic acids is 1. The Labute approximate surface area is 166 Å². The van der Waals surface area contributed by atoms with Crippen LogP contribution in [0.25, 0.3) is 16.9 Å². The van der Waals surface area contributed by atoms with Crippen molar-refractivity contribution < 1.29 is 4.79 Å². The standard InChI is InChI=1S/C19H18ClN7O/c1-13-9-18(25(2)23-13)22-19(28)12-26-8-7-17(24-26)14-10-21-27(11-14)16-5-3-15(20)4-6-16/h3-11H,12H2,1-2H3,(H,22,28). The summed E-state index contributed by atoms with van der Waals surface area (Å²) in [7, 11) is 1.78. The third-order valence-corrected chi connectivity index (χ3v) is 4.44. The van der Waals surface area contributed by atoms with Crippen molar-refractivity contribution in [3.63, 3.8) is 0 Å². The van der Waals surface area contributed by atoms with Crippen LogP contribution >= 0.6 is 11.6 Å². The summed E-state index contributed by atoms with van der Waals surface area (Å²) in [5.74, 6) is 0.480. The molecule has 1 N–H and O–H groups in total. The molecule has 28 heavy (non-hydrogen) atoms. The van der Waals surface area contributed by atoms with Crippen molar-refractivity contribution in [2.24, 2.45) is 7.05 Å². The van der Waals surface area contributed by atoms with Crippen LogP contribution < -0.4 is 5.32 Å². The van der Waals surface area contributed by atoms with Gasteiger partial charge in [0.15, 0.2) is 0 Å². The quantitative estimate of drug-likeness (QED) is 0.563. The molecule has 0 saturated heterocycles. The Balaban J connectivity index is 1.45. The van der Waals surface area contributed by atoms with Crippen molar-refractivity contribution >= 4 is 23.3 Å². The molecule has 3 heterocycles. The fourth-order valence-corrected chi connectivity index (χ4v) is 2.98. The SMILES string of the molecule is Cc1cc(NC(=O)Cn2ccc(-c3cnn(-c4ccc(Cl)cc4)c3)n2)n(C)n1. The monoisotopic (exact) mass is 395 g/mol. The predicted molar refractivity (Wildman–Crippen MR) is 106 cm³/mol. The Morgan fingerprint density at radius 3 is 2.68 bits per heavy atom. The van der Waals surface area contributed by atoms with Crippen LogP contribution in [0.15, 0.2) is 55.0 Å². The summed E-state index contributed by atoms with van der Waals surface area (Å²) in [6.45, 7) is 1.98. The van der Waals surface area contributed by atoms with E-state index >= 15 is 0 Å². The lowest BCUT2D eigenvalue weighted by atomic mass is 10.2. The molecule has 0 aliphatic carbocycles. The summed E-state index contributed by atoms with van der Waals surface area (Å²) in [6.07, 6.45) is 5.39. The molecule has 0 fully saturated rings. The summed E-state index contributed by atoms with van der Waals surface area (Å²) in [6, 6.07) is 11.1. The molecule has 0 aliphatic heterocycles. The van der Waals surface area contributed by atoms with Crippen molar-refractivity contribution in [3.05, 3.63) is 65.7 Å². The smallest absolute Gasteiger partial charge is 0.247 e. The number of anilines is 1. The lowest BCUT2D eigenvalue weighted by molar-refractivity contribution is -0.116. The number of amides is 1. The van der Waals surface area contributed by atoms with E-state index in [1.165, 1.54) is 0 Å². The summed E-state index contributed by atoms with van der Waals surface area (Å²) < 4.78 is 4.97. The van der Waals surface area contributed by atoms with Crippen LogP contribution in [0.1, 0.15) is 5.69 Å². The summed E-state index contributed by atoms with van der Waals surface area (Å²) in [5, 5.41) is 16.6. The first kappa shape index (κ1) is 18.0. The van der Waals surface area contributed by atoms with Crippen molar-refractivity contribution in [3.8, 4) is 16.9 Å². The van der Waals surface area contributed by atoms with Crippen molar-refractivity contribution in [1.29, 1.82) is 0 Å². The number of hydrogen-bond donors (Lipinski definition) is 1. The third-order valence-electron chi connectivity index (χ3n) is 4.19. The van der Waals surface area contributed by atoms with E-state index in [0.29, 0.717) is 10.8 Å². The highest BCUT2D eigenvalue weighted by atomic mass is 35.5. The van der Waals surface area contributed by atoms with Gasteiger partial charge in [-0.3, -0.25) is 14.2 Å². The maximum atomic E-state index is 12.3. The maximum Gasteiger partial charge on any atom is 0.247 e. The van der Waals surface area contributed by atoms with Gasteiger partial charge in [-0.1, -0.05) is 11.6 Å². The van der Waals surface area contributed by atoms with Crippen LogP contribution in [-0.4, -0.2) is 35.2 Å². The highest BCUT2D eigenvalue weighted by Crippen LogP contribution is 2.19. The molecule has 0 radical (unpaired) electrons. The van der Waals surface area contributed by atoms with Crippen molar-refractivity contribution in [1.82, 2.24) is 29.3 Å². The van der Waals surface area contributed by atoms with E-state index < -0.39 is 0 Å². The average molecular weight is 396 g/mol. The normalized spacial score (nSPS) is 11.0. The Bertz CT molecular complexity index is 1120. The van der Waals surface area contributed by atoms with Gasteiger partial charge < -0.3 is 5.32 Å². The summed E-state index contributed by atoms with van der Waals surface area (Å²) in [4.78, 5) is 12.3. The zero-order chi connectivity index (χ0) is 19.7. The molecular formula is C19H18ClN7O. The van der Waals surface area contributed by atoms with Gasteiger partial charge >= 0.3 is 0 Å². The van der Waals surface area contributed by atoms with E-state index in [2.05, 4.69) is 20.6 Å². The van der Waals surface area contributed by atoms with Gasteiger partial charge in [0.25, 0.3) is 0 Å². The molecule has 142 valence electrons. The van der Waals surface area contributed by atoms with Gasteiger partial charge in [0.1, 0.15) is 12.4 Å². The molecule has 4 aromatic rings. The van der Waals surface area contributed by atoms with Gasteiger partial charge in [0.05, 0.1) is 23.3 Å². The van der Waals surface area contributed by atoms with Crippen LogP contribution in [0.5, 0.6) is 0 Å². The fourth-order valence-electron chi connectivity index (χ4n) is 2.85. The lowest BCUT2D eigenvalue weighted by Gasteiger charge is -2.05. The minimum absolute atomic E-state index is 0.107. The maximum absolute atomic E-state index is 12.3. The lowest BCUT2D eigenvalue weighted by Crippen LogP contribution is -2.20. The van der Waals surface area contributed by atoms with Crippen LogP contribution in [0.3, 0.4) is 0 Å². The molecule has 1 aromatic carbocycles. The number of nitrogens with one attached hydrogen (secondary N) is 1. The minimum Gasteiger partial charge on any atom is -0.309 e. The second-order valence-electron chi connectivity index (χ2n) is 6.39. The Morgan fingerprint density at radius 1 is 1.18 bits per heavy atom. The number of rotatable bonds is 5. The number of nitrogens with zero attached hydrogens (tertiary/aromatic N) is 6. The topological polar surface area (TPSA) is 82.6 Å². The number of aromatic nitrogens is 6. The first-order chi connectivity index (χ1) is 13.5. The van der Waals surface area contributed by atoms with Gasteiger partial charge in [-0.05, 0) is 37.3 Å². The van der Waals surface area contributed by atoms with E-state index in [4.69, 9.17) is 11.6 Å². The Hall–Kier alpha value is -3.39. The molecule has 0 atom stereocenters. The molecule has 0 unspecified atom stereocenters. The Kier molecular flexibility index (Phi) is 4.70. The molecule has 0 spiro atoms. The molecule has 0 saturated carbocycles. The number of aryl methyl sites for hydroxylation is 2. The van der Waals surface area contributed by atoms with E-state index in [1.54, 1.807) is 33.5 Å². The zero-order valence-corrected chi connectivity index (χ0v) is 16.1. The molecular weight excluding hydrogens is 378 g/mol. The van der Waals surface area contributed by atoms with E-state index in [-0.39, 0.29) is 12.5 Å². The average Bonchev–Trinajstić information content (AvgIpc) is 3.36. The zero-order valence-electron chi connectivity index (χ0n) is 15.4. The number of hydrogen-bond acceptors (Lipinski definition) is 4. The van der Waals surface area contributed by atoms with Gasteiger partial charge in [0.2, 0.25) is 5.91 Å². The summed E-state index contributed by atoms with van der Waals surface area (Å²) in [5.41, 5.74) is 3.35. The van der Waals surface area contributed by atoms with Gasteiger partial charge in [0, 0.05) is 36.1 Å². The second-order valence-corrected chi connectivity index (χ2v) is 6.83. The van der Waals surface area contributed by atoms with Gasteiger partial charge in [-0.15, -0.1) is 0 Å². The molecule has 8 nitrogen and oxygen atoms in total. The van der Waals surface area contributed by atoms with Crippen molar-refractivity contribution in [2.45, 2.75) is 13.5 Å².